The Hall–Kier alpha value is -1.49. The second-order valence-corrected chi connectivity index (χ2v) is 4.04. The highest BCUT2D eigenvalue weighted by atomic mass is 19.1. The van der Waals surface area contributed by atoms with E-state index in [9.17, 15) is 13.6 Å². The van der Waals surface area contributed by atoms with E-state index < -0.39 is 11.6 Å². The van der Waals surface area contributed by atoms with Gasteiger partial charge in [0.25, 0.3) is 0 Å². The molecule has 0 fully saturated rings. The summed E-state index contributed by atoms with van der Waals surface area (Å²) < 4.78 is 26.1. The lowest BCUT2D eigenvalue weighted by Gasteiger charge is -2.06. The minimum absolute atomic E-state index is 0.0675. The van der Waals surface area contributed by atoms with Crippen LogP contribution in [0.3, 0.4) is 0 Å². The van der Waals surface area contributed by atoms with Crippen LogP contribution in [0, 0.1) is 11.6 Å². The van der Waals surface area contributed by atoms with E-state index in [4.69, 9.17) is 0 Å². The van der Waals surface area contributed by atoms with Crippen molar-refractivity contribution >= 4 is 5.91 Å². The number of benzene rings is 1. The van der Waals surface area contributed by atoms with Gasteiger partial charge < -0.3 is 10.6 Å². The molecule has 0 radical (unpaired) electrons. The van der Waals surface area contributed by atoms with E-state index in [1.165, 1.54) is 0 Å². The number of carbonyl (C=O) groups is 1. The lowest BCUT2D eigenvalue weighted by Crippen LogP contribution is -2.26. The number of halogens is 2. The van der Waals surface area contributed by atoms with Gasteiger partial charge in [-0.3, -0.25) is 4.79 Å². The minimum Gasteiger partial charge on any atom is -0.356 e. The fraction of sp³-hybridized carbons (Fsp3) is 0.462. The summed E-state index contributed by atoms with van der Waals surface area (Å²) in [7, 11) is 1.82. The number of hydrogen-bond donors (Lipinski definition) is 2. The van der Waals surface area contributed by atoms with Crippen molar-refractivity contribution in [1.29, 1.82) is 0 Å². The van der Waals surface area contributed by atoms with Crippen molar-refractivity contribution in [2.45, 2.75) is 19.3 Å². The van der Waals surface area contributed by atoms with E-state index in [0.717, 1.165) is 31.2 Å². The third-order valence-electron chi connectivity index (χ3n) is 2.55. The molecule has 2 N–H and O–H groups in total. The van der Waals surface area contributed by atoms with Gasteiger partial charge in [-0.25, -0.2) is 8.78 Å². The molecule has 0 saturated carbocycles. The third kappa shape index (κ3) is 5.23. The van der Waals surface area contributed by atoms with Gasteiger partial charge in [0.05, 0.1) is 0 Å². The van der Waals surface area contributed by atoms with Crippen molar-refractivity contribution < 1.29 is 13.6 Å². The first-order valence-corrected chi connectivity index (χ1v) is 5.98. The van der Waals surface area contributed by atoms with Gasteiger partial charge in [0.15, 0.2) is 0 Å². The maximum absolute atomic E-state index is 13.3. The average molecular weight is 256 g/mol. The van der Waals surface area contributed by atoms with E-state index in [-0.39, 0.29) is 11.5 Å². The SMILES string of the molecule is CNCCCC(=O)NCCc1cc(F)ccc1F. The molecule has 0 heterocycles. The first kappa shape index (κ1) is 14.6. The Morgan fingerprint density at radius 3 is 2.78 bits per heavy atom. The summed E-state index contributed by atoms with van der Waals surface area (Å²) >= 11 is 0. The summed E-state index contributed by atoms with van der Waals surface area (Å²) in [5, 5.41) is 5.63. The molecule has 1 amide bonds. The van der Waals surface area contributed by atoms with Crippen LogP contribution in [-0.4, -0.2) is 26.0 Å². The van der Waals surface area contributed by atoms with Crippen LogP contribution in [0.25, 0.3) is 0 Å². The van der Waals surface area contributed by atoms with E-state index in [2.05, 4.69) is 10.6 Å². The fourth-order valence-corrected chi connectivity index (χ4v) is 1.59. The van der Waals surface area contributed by atoms with Crippen molar-refractivity contribution in [3.05, 3.63) is 35.4 Å². The van der Waals surface area contributed by atoms with Crippen LogP contribution in [0.2, 0.25) is 0 Å². The molecule has 1 rings (SSSR count). The minimum atomic E-state index is -0.466. The predicted molar refractivity (Wildman–Crippen MR) is 66.2 cm³/mol. The zero-order valence-corrected chi connectivity index (χ0v) is 10.4. The van der Waals surface area contributed by atoms with Gasteiger partial charge in [0.1, 0.15) is 11.6 Å². The molecule has 3 nitrogen and oxygen atoms in total. The van der Waals surface area contributed by atoms with Gasteiger partial charge >= 0.3 is 0 Å². The summed E-state index contributed by atoms with van der Waals surface area (Å²) in [6.45, 7) is 1.10. The van der Waals surface area contributed by atoms with Gasteiger partial charge in [0, 0.05) is 13.0 Å². The first-order valence-electron chi connectivity index (χ1n) is 5.98. The molecule has 0 aliphatic heterocycles. The lowest BCUT2D eigenvalue weighted by molar-refractivity contribution is -0.121. The van der Waals surface area contributed by atoms with Gasteiger partial charge in [-0.2, -0.15) is 0 Å². The maximum Gasteiger partial charge on any atom is 0.220 e. The number of carbonyl (C=O) groups excluding carboxylic acids is 1. The van der Waals surface area contributed by atoms with Gasteiger partial charge in [-0.1, -0.05) is 0 Å². The van der Waals surface area contributed by atoms with Gasteiger partial charge in [-0.15, -0.1) is 0 Å². The van der Waals surface area contributed by atoms with Crippen LogP contribution in [0.15, 0.2) is 18.2 Å². The Bertz CT molecular complexity index is 397. The lowest BCUT2D eigenvalue weighted by atomic mass is 10.1. The Morgan fingerprint density at radius 1 is 1.28 bits per heavy atom. The molecule has 0 aromatic heterocycles. The van der Waals surface area contributed by atoms with Crippen LogP contribution < -0.4 is 10.6 Å². The van der Waals surface area contributed by atoms with Crippen LogP contribution in [0.1, 0.15) is 18.4 Å². The Balaban J connectivity index is 2.28. The largest absolute Gasteiger partial charge is 0.356 e. The van der Waals surface area contributed by atoms with Crippen LogP contribution in [-0.2, 0) is 11.2 Å². The van der Waals surface area contributed by atoms with Crippen molar-refractivity contribution in [3.63, 3.8) is 0 Å². The van der Waals surface area contributed by atoms with Crippen molar-refractivity contribution in [2.75, 3.05) is 20.1 Å². The number of rotatable bonds is 7. The third-order valence-corrected chi connectivity index (χ3v) is 2.55. The molecule has 0 atom stereocenters. The monoisotopic (exact) mass is 256 g/mol. The highest BCUT2D eigenvalue weighted by Gasteiger charge is 2.05. The van der Waals surface area contributed by atoms with E-state index >= 15 is 0 Å². The van der Waals surface area contributed by atoms with E-state index in [1.54, 1.807) is 0 Å². The molecule has 0 unspecified atom stereocenters. The Labute approximate surface area is 106 Å². The molecular weight excluding hydrogens is 238 g/mol. The van der Waals surface area contributed by atoms with Crippen molar-refractivity contribution in [1.82, 2.24) is 10.6 Å². The molecule has 1 aromatic carbocycles. The number of hydrogen-bond acceptors (Lipinski definition) is 2. The van der Waals surface area contributed by atoms with Crippen LogP contribution in [0.4, 0.5) is 8.78 Å². The summed E-state index contributed by atoms with van der Waals surface area (Å²) in [6, 6.07) is 3.33. The van der Waals surface area contributed by atoms with Crippen LogP contribution in [0.5, 0.6) is 0 Å². The molecule has 0 aliphatic carbocycles. The second-order valence-electron chi connectivity index (χ2n) is 4.04. The van der Waals surface area contributed by atoms with Crippen molar-refractivity contribution in [3.8, 4) is 0 Å². The molecule has 18 heavy (non-hydrogen) atoms. The highest BCUT2D eigenvalue weighted by Crippen LogP contribution is 2.09. The Kier molecular flexibility index (Phi) is 6.28. The molecule has 0 saturated heterocycles. The fourth-order valence-electron chi connectivity index (χ4n) is 1.59. The smallest absolute Gasteiger partial charge is 0.220 e. The maximum atomic E-state index is 13.3. The molecule has 0 aliphatic rings. The average Bonchev–Trinajstić information content (AvgIpc) is 2.34. The van der Waals surface area contributed by atoms with E-state index in [0.29, 0.717) is 19.4 Å². The Morgan fingerprint density at radius 2 is 2.06 bits per heavy atom. The van der Waals surface area contributed by atoms with E-state index in [1.807, 2.05) is 7.05 Å². The predicted octanol–water partition coefficient (Wildman–Crippen LogP) is 1.62. The summed E-state index contributed by atoms with van der Waals surface area (Å²) in [6.07, 6.45) is 1.49. The quantitative estimate of drug-likeness (QED) is 0.728. The van der Waals surface area contributed by atoms with Gasteiger partial charge in [-0.05, 0) is 50.2 Å². The normalized spacial score (nSPS) is 10.4. The zero-order chi connectivity index (χ0) is 13.4. The molecule has 100 valence electrons. The summed E-state index contributed by atoms with van der Waals surface area (Å²) in [5.74, 6) is -0.977. The summed E-state index contributed by atoms with van der Waals surface area (Å²) in [4.78, 5) is 11.4. The number of amides is 1. The first-order chi connectivity index (χ1) is 8.63. The molecule has 1 aromatic rings. The molecular formula is C13H18F2N2O. The topological polar surface area (TPSA) is 41.1 Å². The summed E-state index contributed by atoms with van der Waals surface area (Å²) in [5.41, 5.74) is 0.283. The zero-order valence-electron chi connectivity index (χ0n) is 10.4. The standard InChI is InChI=1S/C13H18F2N2O/c1-16-7-2-3-13(18)17-8-6-10-9-11(14)4-5-12(10)15/h4-5,9,16H,2-3,6-8H2,1H3,(H,17,18). The molecule has 0 bridgehead atoms. The number of nitrogens with one attached hydrogen (secondary N) is 2. The molecule has 0 spiro atoms. The highest BCUT2D eigenvalue weighted by molar-refractivity contribution is 5.75. The second kappa shape index (κ2) is 7.76. The van der Waals surface area contributed by atoms with Crippen LogP contribution >= 0.6 is 0 Å². The van der Waals surface area contributed by atoms with Crippen molar-refractivity contribution in [2.24, 2.45) is 0 Å². The molecule has 5 heteroatoms. The van der Waals surface area contributed by atoms with Gasteiger partial charge in [0.2, 0.25) is 5.91 Å².